The van der Waals surface area contributed by atoms with Gasteiger partial charge >= 0.3 is 5.97 Å². The molecule has 0 aliphatic rings. The zero-order chi connectivity index (χ0) is 11.0. The molecule has 0 bridgehead atoms. The van der Waals surface area contributed by atoms with Crippen LogP contribution >= 0.6 is 0 Å². The minimum atomic E-state index is -1.00. The van der Waals surface area contributed by atoms with Gasteiger partial charge in [-0.1, -0.05) is 5.16 Å². The molecule has 15 heavy (non-hydrogen) atoms. The molecule has 0 aliphatic carbocycles. The molecule has 0 saturated carbocycles. The molecule has 0 amide bonds. The number of aryl methyl sites for hydroxylation is 1. The highest BCUT2D eigenvalue weighted by molar-refractivity contribution is 5.88. The summed E-state index contributed by atoms with van der Waals surface area (Å²) in [6.07, 6.45) is 1.29. The summed E-state index contributed by atoms with van der Waals surface area (Å²) in [6, 6.07) is 1.69. The zero-order valence-corrected chi connectivity index (χ0v) is 8.26. The summed E-state index contributed by atoms with van der Waals surface area (Å²) in [5, 5.41) is 16.5. The predicted octanol–water partition coefficient (Wildman–Crippen LogP) is 1.18. The fraction of sp³-hybridized carbons (Fsp3) is 0.222. The molecule has 78 valence electrons. The molecule has 0 spiro atoms. The van der Waals surface area contributed by atoms with Gasteiger partial charge in [0.1, 0.15) is 11.3 Å². The molecule has 0 fully saturated rings. The summed E-state index contributed by atoms with van der Waals surface area (Å²) < 4.78 is 6.32. The molecule has 2 aromatic heterocycles. The van der Waals surface area contributed by atoms with E-state index in [1.165, 1.54) is 10.9 Å². The van der Waals surface area contributed by atoms with Gasteiger partial charge in [-0.2, -0.15) is 5.10 Å². The lowest BCUT2D eigenvalue weighted by Gasteiger charge is -1.97. The molecule has 0 radical (unpaired) electrons. The monoisotopic (exact) mass is 207 g/mol. The Morgan fingerprint density at radius 2 is 2.27 bits per heavy atom. The lowest BCUT2D eigenvalue weighted by Crippen LogP contribution is -2.02. The van der Waals surface area contributed by atoms with Crippen molar-refractivity contribution in [3.63, 3.8) is 0 Å². The molecular formula is C9H9N3O3. The van der Waals surface area contributed by atoms with Crippen molar-refractivity contribution in [2.75, 3.05) is 0 Å². The van der Waals surface area contributed by atoms with Crippen molar-refractivity contribution < 1.29 is 14.4 Å². The third-order valence-corrected chi connectivity index (χ3v) is 2.07. The van der Waals surface area contributed by atoms with Gasteiger partial charge in [-0.05, 0) is 13.8 Å². The van der Waals surface area contributed by atoms with Gasteiger partial charge in [-0.25, -0.2) is 9.48 Å². The van der Waals surface area contributed by atoms with E-state index < -0.39 is 5.97 Å². The maximum Gasteiger partial charge on any atom is 0.339 e. The lowest BCUT2D eigenvalue weighted by molar-refractivity contribution is 0.0696. The molecule has 6 nitrogen and oxygen atoms in total. The van der Waals surface area contributed by atoms with Crippen molar-refractivity contribution in [3.05, 3.63) is 29.3 Å². The normalized spacial score (nSPS) is 10.5. The quantitative estimate of drug-likeness (QED) is 0.799. The molecule has 2 rings (SSSR count). The van der Waals surface area contributed by atoms with Crippen LogP contribution in [0.2, 0.25) is 0 Å². The smallest absolute Gasteiger partial charge is 0.339 e. The van der Waals surface area contributed by atoms with Gasteiger partial charge in [0.15, 0.2) is 5.82 Å². The van der Waals surface area contributed by atoms with Crippen molar-refractivity contribution in [1.29, 1.82) is 0 Å². The third-order valence-electron chi connectivity index (χ3n) is 2.07. The van der Waals surface area contributed by atoms with Gasteiger partial charge in [0, 0.05) is 6.07 Å². The van der Waals surface area contributed by atoms with Crippen LogP contribution in [0.1, 0.15) is 21.8 Å². The zero-order valence-electron chi connectivity index (χ0n) is 8.26. The first-order valence-electron chi connectivity index (χ1n) is 4.31. The van der Waals surface area contributed by atoms with Gasteiger partial charge in [-0.15, -0.1) is 0 Å². The van der Waals surface area contributed by atoms with Gasteiger partial charge in [0.2, 0.25) is 0 Å². The number of carboxylic acids is 1. The van der Waals surface area contributed by atoms with E-state index in [1.807, 2.05) is 0 Å². The van der Waals surface area contributed by atoms with Crippen LogP contribution in [0.25, 0.3) is 5.82 Å². The fourth-order valence-electron chi connectivity index (χ4n) is 1.30. The summed E-state index contributed by atoms with van der Waals surface area (Å²) in [5.74, 6) is 0.133. The number of aromatic nitrogens is 3. The average Bonchev–Trinajstić information content (AvgIpc) is 2.71. The van der Waals surface area contributed by atoms with Crippen LogP contribution < -0.4 is 0 Å². The average molecular weight is 207 g/mol. The van der Waals surface area contributed by atoms with Crippen molar-refractivity contribution in [2.45, 2.75) is 13.8 Å². The second-order valence-corrected chi connectivity index (χ2v) is 3.16. The molecule has 0 saturated heterocycles. The molecule has 2 aromatic rings. The Balaban J connectivity index is 2.50. The van der Waals surface area contributed by atoms with E-state index in [9.17, 15) is 4.79 Å². The lowest BCUT2D eigenvalue weighted by atomic mass is 10.3. The van der Waals surface area contributed by atoms with Crippen LogP contribution in [0.15, 0.2) is 16.8 Å². The van der Waals surface area contributed by atoms with Gasteiger partial charge < -0.3 is 9.63 Å². The molecule has 1 N–H and O–H groups in total. The van der Waals surface area contributed by atoms with Gasteiger partial charge in [0.25, 0.3) is 0 Å². The Kier molecular flexibility index (Phi) is 2.03. The van der Waals surface area contributed by atoms with E-state index in [1.54, 1.807) is 19.9 Å². The van der Waals surface area contributed by atoms with Crippen LogP contribution in [-0.2, 0) is 0 Å². The van der Waals surface area contributed by atoms with Crippen LogP contribution in [-0.4, -0.2) is 26.0 Å². The standard InChI is InChI=1S/C9H9N3O3/c1-5-3-8(11-15-5)12-6(2)7(4-10-12)9(13)14/h3-4H,1-2H3,(H,13,14). The summed E-state index contributed by atoms with van der Waals surface area (Å²) in [7, 11) is 0. The maximum atomic E-state index is 10.8. The largest absolute Gasteiger partial charge is 0.478 e. The fourth-order valence-corrected chi connectivity index (χ4v) is 1.30. The maximum absolute atomic E-state index is 10.8. The molecular weight excluding hydrogens is 198 g/mol. The topological polar surface area (TPSA) is 81.2 Å². The molecule has 2 heterocycles. The Morgan fingerprint density at radius 3 is 2.73 bits per heavy atom. The highest BCUT2D eigenvalue weighted by Gasteiger charge is 2.15. The summed E-state index contributed by atoms with van der Waals surface area (Å²) in [4.78, 5) is 10.8. The van der Waals surface area contributed by atoms with Crippen molar-refractivity contribution >= 4 is 5.97 Å². The van der Waals surface area contributed by atoms with E-state index in [0.29, 0.717) is 17.3 Å². The first kappa shape index (κ1) is 9.45. The second-order valence-electron chi connectivity index (χ2n) is 3.16. The second kappa shape index (κ2) is 3.23. The van der Waals surface area contributed by atoms with Crippen LogP contribution in [0, 0.1) is 13.8 Å². The number of nitrogens with zero attached hydrogens (tertiary/aromatic N) is 3. The number of hydrogen-bond acceptors (Lipinski definition) is 4. The van der Waals surface area contributed by atoms with Crippen molar-refractivity contribution in [1.82, 2.24) is 14.9 Å². The van der Waals surface area contributed by atoms with E-state index in [2.05, 4.69) is 10.3 Å². The Hall–Kier alpha value is -2.11. The Morgan fingerprint density at radius 1 is 1.53 bits per heavy atom. The molecule has 0 aromatic carbocycles. The Bertz CT molecular complexity index is 512. The first-order chi connectivity index (χ1) is 7.09. The minimum absolute atomic E-state index is 0.163. The van der Waals surface area contributed by atoms with Gasteiger partial charge in [-0.3, -0.25) is 0 Å². The van der Waals surface area contributed by atoms with Crippen molar-refractivity contribution in [3.8, 4) is 5.82 Å². The van der Waals surface area contributed by atoms with E-state index in [0.717, 1.165) is 0 Å². The van der Waals surface area contributed by atoms with Crippen LogP contribution in [0.4, 0.5) is 0 Å². The van der Waals surface area contributed by atoms with Gasteiger partial charge in [0.05, 0.1) is 11.9 Å². The van der Waals surface area contributed by atoms with E-state index >= 15 is 0 Å². The molecule has 6 heteroatoms. The minimum Gasteiger partial charge on any atom is -0.478 e. The first-order valence-corrected chi connectivity index (χ1v) is 4.31. The number of rotatable bonds is 2. The van der Waals surface area contributed by atoms with Crippen LogP contribution in [0.5, 0.6) is 0 Å². The molecule has 0 aliphatic heterocycles. The van der Waals surface area contributed by atoms with E-state index in [4.69, 9.17) is 9.63 Å². The SMILES string of the molecule is Cc1cc(-n2ncc(C(=O)O)c2C)no1. The number of carbonyl (C=O) groups is 1. The molecule has 0 unspecified atom stereocenters. The number of aromatic carboxylic acids is 1. The number of hydrogen-bond donors (Lipinski definition) is 1. The Labute approximate surface area is 85.1 Å². The number of carboxylic acid groups (broad SMARTS) is 1. The summed E-state index contributed by atoms with van der Waals surface area (Å²) >= 11 is 0. The third kappa shape index (κ3) is 1.50. The highest BCUT2D eigenvalue weighted by Crippen LogP contribution is 2.13. The predicted molar refractivity (Wildman–Crippen MR) is 50.1 cm³/mol. The summed E-state index contributed by atoms with van der Waals surface area (Å²) in [6.45, 7) is 3.42. The van der Waals surface area contributed by atoms with Crippen LogP contribution in [0.3, 0.4) is 0 Å². The van der Waals surface area contributed by atoms with E-state index in [-0.39, 0.29) is 5.56 Å². The van der Waals surface area contributed by atoms with Crippen molar-refractivity contribution in [2.24, 2.45) is 0 Å². The highest BCUT2D eigenvalue weighted by atomic mass is 16.5. The summed E-state index contributed by atoms with van der Waals surface area (Å²) in [5.41, 5.74) is 0.687. The molecule has 0 atom stereocenters.